The molecule has 13 nitrogen and oxygen atoms in total. The summed E-state index contributed by atoms with van der Waals surface area (Å²) in [6.07, 6.45) is -7.85. The summed E-state index contributed by atoms with van der Waals surface area (Å²) >= 11 is 0. The van der Waals surface area contributed by atoms with Gasteiger partial charge in [0.1, 0.15) is 5.54 Å². The minimum absolute atomic E-state index is 0.0405. The van der Waals surface area contributed by atoms with E-state index in [0.29, 0.717) is 25.8 Å². The molecule has 0 aliphatic heterocycles. The third kappa shape index (κ3) is 24.6. The lowest BCUT2D eigenvalue weighted by Crippen LogP contribution is -2.61. The Morgan fingerprint density at radius 2 is 1.11 bits per heavy atom. The molecule has 0 saturated carbocycles. The van der Waals surface area contributed by atoms with Gasteiger partial charge < -0.3 is 42.3 Å². The zero-order chi connectivity index (χ0) is 41.3. The van der Waals surface area contributed by atoms with Gasteiger partial charge in [0.2, 0.25) is 11.8 Å². The minimum atomic E-state index is -5.08. The molecule has 0 saturated heterocycles. The molecule has 22 heteroatoms. The van der Waals surface area contributed by atoms with Gasteiger partial charge in [-0.2, -0.15) is 39.5 Å². The van der Waals surface area contributed by atoms with Crippen molar-refractivity contribution >= 4 is 29.7 Å². The van der Waals surface area contributed by atoms with E-state index in [4.69, 9.17) is 35.4 Å². The molecule has 0 aromatic heterocycles. The van der Waals surface area contributed by atoms with Crippen LogP contribution in [0, 0.1) is 0 Å². The molecule has 0 heterocycles. The van der Waals surface area contributed by atoms with Gasteiger partial charge in [-0.3, -0.25) is 9.59 Å². The van der Waals surface area contributed by atoms with Crippen LogP contribution in [0.4, 0.5) is 39.5 Å². The number of amides is 2. The van der Waals surface area contributed by atoms with Crippen LogP contribution < -0.4 is 27.0 Å². The molecular formula is C31H46F9N5O8. The van der Waals surface area contributed by atoms with Gasteiger partial charge in [-0.05, 0) is 88.8 Å². The van der Waals surface area contributed by atoms with Crippen molar-refractivity contribution in [1.29, 1.82) is 0 Å². The molecule has 0 radical (unpaired) electrons. The molecule has 1 aliphatic rings. The van der Waals surface area contributed by atoms with E-state index < -0.39 is 42.0 Å². The van der Waals surface area contributed by atoms with Gasteiger partial charge in [0.25, 0.3) is 0 Å². The third-order valence-corrected chi connectivity index (χ3v) is 6.78. The molecule has 9 N–H and O–H groups in total. The van der Waals surface area contributed by atoms with Crippen molar-refractivity contribution in [1.82, 2.24) is 21.3 Å². The Morgan fingerprint density at radius 3 is 1.53 bits per heavy atom. The summed E-state index contributed by atoms with van der Waals surface area (Å²) in [4.78, 5) is 52.3. The van der Waals surface area contributed by atoms with Crippen molar-refractivity contribution in [3.8, 4) is 0 Å². The number of hydrogen-bond donors (Lipinski definition) is 8. The van der Waals surface area contributed by atoms with E-state index in [2.05, 4.69) is 33.4 Å². The number of carbonyl (C=O) groups is 5. The summed E-state index contributed by atoms with van der Waals surface area (Å²) in [5.74, 6) is -8.37. The predicted molar refractivity (Wildman–Crippen MR) is 172 cm³/mol. The van der Waals surface area contributed by atoms with Crippen LogP contribution in [0.1, 0.15) is 63.0 Å². The van der Waals surface area contributed by atoms with E-state index >= 15 is 0 Å². The Kier molecular flexibility index (Phi) is 24.7. The van der Waals surface area contributed by atoms with E-state index in [1.807, 2.05) is 19.1 Å². The molecule has 1 unspecified atom stereocenters. The highest BCUT2D eigenvalue weighted by atomic mass is 19.4. The lowest BCUT2D eigenvalue weighted by molar-refractivity contribution is -0.193. The second kappa shape index (κ2) is 25.7. The molecule has 1 aromatic rings. The number of alkyl halides is 9. The topological polar surface area (TPSA) is 220 Å². The van der Waals surface area contributed by atoms with Gasteiger partial charge in [-0.15, -0.1) is 0 Å². The Hall–Kier alpha value is -4.18. The van der Waals surface area contributed by atoms with Crippen LogP contribution in [0.3, 0.4) is 0 Å². The number of aliphatic carboxylic acids is 3. The highest BCUT2D eigenvalue weighted by Gasteiger charge is 2.42. The normalized spacial score (nSPS) is 15.1. The number of unbranched alkanes of at least 4 members (excludes halogenated alkanes) is 1. The smallest absolute Gasteiger partial charge is 0.475 e. The van der Waals surface area contributed by atoms with Crippen LogP contribution in [-0.2, 0) is 36.8 Å². The fourth-order valence-corrected chi connectivity index (χ4v) is 4.21. The number of nitrogens with two attached hydrogens (primary N) is 1. The van der Waals surface area contributed by atoms with Crippen molar-refractivity contribution < 1.29 is 78.8 Å². The van der Waals surface area contributed by atoms with Gasteiger partial charge >= 0.3 is 36.4 Å². The SMILES string of the molecule is CCCC(=O)NC1(C(=O)NCCCNCCCCNCCCN)CCc2ccccc2C1.O=C(O)C(F)(F)F.O=C(O)C(F)(F)F.O=C(O)C(F)(F)F. The zero-order valence-corrected chi connectivity index (χ0v) is 28.8. The van der Waals surface area contributed by atoms with Crippen LogP contribution >= 0.6 is 0 Å². The van der Waals surface area contributed by atoms with Crippen molar-refractivity contribution in [2.24, 2.45) is 5.73 Å². The van der Waals surface area contributed by atoms with Crippen molar-refractivity contribution in [3.05, 3.63) is 35.4 Å². The van der Waals surface area contributed by atoms with Crippen LogP contribution in [0.25, 0.3) is 0 Å². The molecule has 0 spiro atoms. The number of rotatable bonds is 16. The van der Waals surface area contributed by atoms with Gasteiger partial charge in [-0.25, -0.2) is 14.4 Å². The second-order valence-corrected chi connectivity index (χ2v) is 11.2. The first-order chi connectivity index (χ1) is 24.4. The van der Waals surface area contributed by atoms with Gasteiger partial charge in [0.15, 0.2) is 0 Å². The Bertz CT molecular complexity index is 1210. The first kappa shape index (κ1) is 50.9. The Balaban J connectivity index is 0. The summed E-state index contributed by atoms with van der Waals surface area (Å²) in [6.45, 7) is 7.22. The van der Waals surface area contributed by atoms with E-state index in [1.165, 1.54) is 5.56 Å². The van der Waals surface area contributed by atoms with E-state index in [0.717, 1.165) is 76.8 Å². The lowest BCUT2D eigenvalue weighted by atomic mass is 9.77. The van der Waals surface area contributed by atoms with Crippen LogP contribution in [0.5, 0.6) is 0 Å². The van der Waals surface area contributed by atoms with Crippen LogP contribution in [0.2, 0.25) is 0 Å². The summed E-state index contributed by atoms with van der Waals surface area (Å²) in [5, 5.41) is 34.4. The molecule has 2 rings (SSSR count). The average molecular weight is 788 g/mol. The van der Waals surface area contributed by atoms with E-state index in [9.17, 15) is 49.1 Å². The number of hydrogen-bond acceptors (Lipinski definition) is 8. The maximum Gasteiger partial charge on any atom is 0.490 e. The van der Waals surface area contributed by atoms with Crippen molar-refractivity contribution in [2.75, 3.05) is 39.3 Å². The maximum atomic E-state index is 13.2. The number of benzene rings is 1. The Morgan fingerprint density at radius 1 is 0.698 bits per heavy atom. The first-order valence-electron chi connectivity index (χ1n) is 16.1. The monoisotopic (exact) mass is 787 g/mol. The number of carboxylic acid groups (broad SMARTS) is 3. The highest BCUT2D eigenvalue weighted by molar-refractivity contribution is 5.92. The van der Waals surface area contributed by atoms with Gasteiger partial charge in [0.05, 0.1) is 0 Å². The molecule has 2 amide bonds. The Labute approximate surface area is 299 Å². The van der Waals surface area contributed by atoms with Crippen LogP contribution in [0.15, 0.2) is 24.3 Å². The van der Waals surface area contributed by atoms with Gasteiger partial charge in [-0.1, -0.05) is 31.2 Å². The molecule has 1 aromatic carbocycles. The molecule has 53 heavy (non-hydrogen) atoms. The molecule has 1 atom stereocenters. The zero-order valence-electron chi connectivity index (χ0n) is 28.8. The number of carboxylic acids is 3. The van der Waals surface area contributed by atoms with E-state index in [-0.39, 0.29) is 11.8 Å². The molecule has 0 bridgehead atoms. The predicted octanol–water partition coefficient (Wildman–Crippen LogP) is 3.54. The number of halogens is 9. The summed E-state index contributed by atoms with van der Waals surface area (Å²) in [7, 11) is 0. The summed E-state index contributed by atoms with van der Waals surface area (Å²) in [6, 6.07) is 8.22. The second-order valence-electron chi connectivity index (χ2n) is 11.2. The number of carbonyl (C=O) groups excluding carboxylic acids is 2. The summed E-state index contributed by atoms with van der Waals surface area (Å²) in [5.41, 5.74) is 7.07. The summed E-state index contributed by atoms with van der Waals surface area (Å²) < 4.78 is 95.2. The van der Waals surface area contributed by atoms with Crippen LogP contribution in [-0.4, -0.2) is 108 Å². The standard InChI is InChI=1S/C25H43N5O2.3C2HF3O2/c1-2-9-23(31)30-25(13-12-21-10-3-4-11-22(21)20-25)24(32)29-19-8-18-28-16-6-5-15-27-17-7-14-26;3*3-2(4,5)1(6)7/h3-4,10-11,27-28H,2,5-9,12-20,26H2,1H3,(H,29,32)(H,30,31);3*(H,6,7). The van der Waals surface area contributed by atoms with Gasteiger partial charge in [0, 0.05) is 19.4 Å². The highest BCUT2D eigenvalue weighted by Crippen LogP contribution is 2.29. The quantitative estimate of drug-likeness (QED) is 0.0895. The van der Waals surface area contributed by atoms with Crippen molar-refractivity contribution in [2.45, 2.75) is 88.8 Å². The number of nitrogens with one attached hydrogen (secondary N) is 4. The number of aryl methyl sites for hydroxylation is 1. The molecule has 306 valence electrons. The van der Waals surface area contributed by atoms with E-state index in [1.54, 1.807) is 0 Å². The largest absolute Gasteiger partial charge is 0.490 e. The fourth-order valence-electron chi connectivity index (χ4n) is 4.21. The van der Waals surface area contributed by atoms with Crippen molar-refractivity contribution in [3.63, 3.8) is 0 Å². The average Bonchev–Trinajstić information content (AvgIpc) is 3.04. The first-order valence-corrected chi connectivity index (χ1v) is 16.1. The third-order valence-electron chi connectivity index (χ3n) is 6.78. The molecular weight excluding hydrogens is 741 g/mol. The maximum absolute atomic E-state index is 13.2. The minimum Gasteiger partial charge on any atom is -0.475 e. The fraction of sp³-hybridized carbons (Fsp3) is 0.645. The molecule has 0 fully saturated rings. The number of fused-ring (bicyclic) bond motifs is 1. The molecule has 1 aliphatic carbocycles. The lowest BCUT2D eigenvalue weighted by Gasteiger charge is -2.37.